The molecule has 1 aromatic carbocycles. The zero-order chi connectivity index (χ0) is 20.6. The summed E-state index contributed by atoms with van der Waals surface area (Å²) in [6.07, 6.45) is 3.88. The van der Waals surface area contributed by atoms with E-state index in [0.29, 0.717) is 18.4 Å². The molecule has 1 amide bonds. The van der Waals surface area contributed by atoms with E-state index in [0.717, 1.165) is 64.5 Å². The van der Waals surface area contributed by atoms with Gasteiger partial charge in [-0.05, 0) is 50.2 Å². The van der Waals surface area contributed by atoms with Crippen LogP contribution in [0.5, 0.6) is 0 Å². The van der Waals surface area contributed by atoms with Crippen LogP contribution < -0.4 is 10.6 Å². The number of fused-ring (bicyclic) bond motifs is 1. The lowest BCUT2D eigenvalue weighted by Gasteiger charge is -2.35. The van der Waals surface area contributed by atoms with E-state index in [9.17, 15) is 4.79 Å². The lowest BCUT2D eigenvalue weighted by Crippen LogP contribution is -2.47. The first kappa shape index (κ1) is 21.6. The smallest absolute Gasteiger partial charge is 0.220 e. The fourth-order valence-electron chi connectivity index (χ4n) is 4.37. The quantitative estimate of drug-likeness (QED) is 0.569. The topological polar surface area (TPSA) is 60.0 Å². The Hall–Kier alpha value is -2.08. The Balaban J connectivity index is 1.53. The first-order valence-electron chi connectivity index (χ1n) is 11.1. The first-order chi connectivity index (χ1) is 14.1. The van der Waals surface area contributed by atoms with Crippen LogP contribution in [-0.2, 0) is 17.8 Å². The minimum absolute atomic E-state index is 0.154. The van der Waals surface area contributed by atoms with Gasteiger partial charge in [-0.3, -0.25) is 14.7 Å². The minimum atomic E-state index is 0.154. The number of nitrogens with zero attached hydrogens (tertiary/aromatic N) is 3. The Kier molecular flexibility index (Phi) is 7.92. The van der Waals surface area contributed by atoms with Crippen molar-refractivity contribution in [1.29, 1.82) is 0 Å². The highest BCUT2D eigenvalue weighted by Crippen LogP contribution is 2.22. The summed E-state index contributed by atoms with van der Waals surface area (Å²) < 4.78 is 0. The zero-order valence-corrected chi connectivity index (χ0v) is 18.3. The summed E-state index contributed by atoms with van der Waals surface area (Å²) in [5, 5.41) is 6.21. The monoisotopic (exact) mass is 399 g/mol. The summed E-state index contributed by atoms with van der Waals surface area (Å²) >= 11 is 0. The second kappa shape index (κ2) is 10.6. The van der Waals surface area contributed by atoms with Crippen LogP contribution in [0.15, 0.2) is 29.3 Å². The van der Waals surface area contributed by atoms with Gasteiger partial charge in [0.1, 0.15) is 0 Å². The van der Waals surface area contributed by atoms with E-state index in [4.69, 9.17) is 4.99 Å². The Morgan fingerprint density at radius 2 is 1.93 bits per heavy atom. The largest absolute Gasteiger partial charge is 0.359 e. The molecule has 6 heteroatoms. The second-order valence-electron chi connectivity index (χ2n) is 8.34. The van der Waals surface area contributed by atoms with Gasteiger partial charge in [0.2, 0.25) is 5.91 Å². The molecular formula is C23H37N5O. The fraction of sp³-hybridized carbons (Fsp3) is 0.652. The summed E-state index contributed by atoms with van der Waals surface area (Å²) in [5.41, 5.74) is 2.95. The maximum Gasteiger partial charge on any atom is 0.220 e. The number of aliphatic imine (C=N–C) groups is 1. The standard InChI is InChI=1S/C23H37N5O/c1-4-25-23(27-12-9-19(10-13-27)15-22(29)24-3)26-16-18(2)28-14-11-20-7-5-6-8-21(20)17-28/h5-8,18-19H,4,9-17H2,1-3H3,(H,24,29)(H,25,26). The van der Waals surface area contributed by atoms with Gasteiger partial charge in [0.25, 0.3) is 0 Å². The number of hydrogen-bond donors (Lipinski definition) is 2. The number of rotatable bonds is 6. The fourth-order valence-corrected chi connectivity index (χ4v) is 4.37. The van der Waals surface area contributed by atoms with E-state index in [1.165, 1.54) is 11.1 Å². The molecule has 0 aliphatic carbocycles. The van der Waals surface area contributed by atoms with E-state index < -0.39 is 0 Å². The van der Waals surface area contributed by atoms with Gasteiger partial charge in [0.15, 0.2) is 5.96 Å². The van der Waals surface area contributed by atoms with Gasteiger partial charge in [-0.15, -0.1) is 0 Å². The van der Waals surface area contributed by atoms with Crippen LogP contribution in [-0.4, -0.2) is 67.5 Å². The molecule has 0 bridgehead atoms. The molecule has 0 saturated carbocycles. The van der Waals surface area contributed by atoms with Crippen LogP contribution in [0.1, 0.15) is 44.2 Å². The summed E-state index contributed by atoms with van der Waals surface area (Å²) in [4.78, 5) is 21.5. The summed E-state index contributed by atoms with van der Waals surface area (Å²) in [6, 6.07) is 9.21. The van der Waals surface area contributed by atoms with Crippen molar-refractivity contribution in [1.82, 2.24) is 20.4 Å². The third-order valence-corrected chi connectivity index (χ3v) is 6.29. The molecule has 2 heterocycles. The van der Waals surface area contributed by atoms with E-state index in [1.807, 2.05) is 0 Å². The number of benzene rings is 1. The number of amides is 1. The normalized spacial score (nSPS) is 19.6. The van der Waals surface area contributed by atoms with Crippen molar-refractivity contribution in [3.8, 4) is 0 Å². The minimum Gasteiger partial charge on any atom is -0.359 e. The van der Waals surface area contributed by atoms with Gasteiger partial charge in [0, 0.05) is 52.2 Å². The van der Waals surface area contributed by atoms with Crippen LogP contribution in [0.3, 0.4) is 0 Å². The SMILES string of the molecule is CCNC(=NCC(C)N1CCc2ccccc2C1)N1CCC(CC(=O)NC)CC1. The van der Waals surface area contributed by atoms with Gasteiger partial charge in [0.05, 0.1) is 6.54 Å². The van der Waals surface area contributed by atoms with Crippen molar-refractivity contribution in [2.75, 3.05) is 39.8 Å². The molecule has 160 valence electrons. The van der Waals surface area contributed by atoms with E-state index >= 15 is 0 Å². The maximum atomic E-state index is 11.6. The summed E-state index contributed by atoms with van der Waals surface area (Å²) in [7, 11) is 1.72. The number of hydrogen-bond acceptors (Lipinski definition) is 3. The molecule has 2 aliphatic rings. The Morgan fingerprint density at radius 1 is 1.21 bits per heavy atom. The predicted octanol–water partition coefficient (Wildman–Crippen LogP) is 2.25. The van der Waals surface area contributed by atoms with Crippen molar-refractivity contribution >= 4 is 11.9 Å². The van der Waals surface area contributed by atoms with Gasteiger partial charge >= 0.3 is 0 Å². The number of guanidine groups is 1. The zero-order valence-electron chi connectivity index (χ0n) is 18.3. The molecule has 2 N–H and O–H groups in total. The molecule has 6 nitrogen and oxygen atoms in total. The Labute approximate surface area is 175 Å². The number of piperidine rings is 1. The predicted molar refractivity (Wildman–Crippen MR) is 119 cm³/mol. The number of likely N-dealkylation sites (tertiary alicyclic amines) is 1. The molecule has 1 saturated heterocycles. The van der Waals surface area contributed by atoms with Crippen LogP contribution in [0.4, 0.5) is 0 Å². The molecule has 1 unspecified atom stereocenters. The van der Waals surface area contributed by atoms with E-state index in [1.54, 1.807) is 7.05 Å². The molecule has 1 atom stereocenters. The average molecular weight is 400 g/mol. The highest BCUT2D eigenvalue weighted by Gasteiger charge is 2.24. The van der Waals surface area contributed by atoms with Gasteiger partial charge in [-0.1, -0.05) is 24.3 Å². The maximum absolute atomic E-state index is 11.6. The third-order valence-electron chi connectivity index (χ3n) is 6.29. The average Bonchev–Trinajstić information content (AvgIpc) is 2.76. The Morgan fingerprint density at radius 3 is 2.62 bits per heavy atom. The molecule has 0 aromatic heterocycles. The van der Waals surface area contributed by atoms with Crippen LogP contribution >= 0.6 is 0 Å². The molecule has 1 fully saturated rings. The number of carbonyl (C=O) groups is 1. The highest BCUT2D eigenvalue weighted by molar-refractivity contribution is 5.80. The second-order valence-corrected chi connectivity index (χ2v) is 8.34. The van der Waals surface area contributed by atoms with Crippen molar-refractivity contribution in [2.45, 2.75) is 52.1 Å². The first-order valence-corrected chi connectivity index (χ1v) is 11.1. The molecule has 29 heavy (non-hydrogen) atoms. The van der Waals surface area contributed by atoms with Crippen molar-refractivity contribution in [2.24, 2.45) is 10.9 Å². The lowest BCUT2D eigenvalue weighted by atomic mass is 9.93. The van der Waals surface area contributed by atoms with Crippen LogP contribution in [0.25, 0.3) is 0 Å². The third kappa shape index (κ3) is 5.95. The molecule has 3 rings (SSSR count). The van der Waals surface area contributed by atoms with E-state index in [2.05, 4.69) is 58.5 Å². The molecule has 0 spiro atoms. The highest BCUT2D eigenvalue weighted by atomic mass is 16.1. The van der Waals surface area contributed by atoms with Crippen LogP contribution in [0.2, 0.25) is 0 Å². The van der Waals surface area contributed by atoms with Gasteiger partial charge in [-0.25, -0.2) is 0 Å². The number of carbonyl (C=O) groups excluding carboxylic acids is 1. The summed E-state index contributed by atoms with van der Waals surface area (Å²) in [5.74, 6) is 1.66. The molecule has 0 radical (unpaired) electrons. The molecular weight excluding hydrogens is 362 g/mol. The van der Waals surface area contributed by atoms with Gasteiger partial charge < -0.3 is 15.5 Å². The lowest BCUT2D eigenvalue weighted by molar-refractivity contribution is -0.121. The van der Waals surface area contributed by atoms with Crippen molar-refractivity contribution in [3.63, 3.8) is 0 Å². The van der Waals surface area contributed by atoms with E-state index in [-0.39, 0.29) is 5.91 Å². The Bertz CT molecular complexity index is 696. The van der Waals surface area contributed by atoms with Crippen LogP contribution in [0, 0.1) is 5.92 Å². The van der Waals surface area contributed by atoms with Gasteiger partial charge in [-0.2, -0.15) is 0 Å². The van der Waals surface area contributed by atoms with Crippen molar-refractivity contribution < 1.29 is 4.79 Å². The molecule has 1 aromatic rings. The van der Waals surface area contributed by atoms with Crippen molar-refractivity contribution in [3.05, 3.63) is 35.4 Å². The number of nitrogens with one attached hydrogen (secondary N) is 2. The summed E-state index contributed by atoms with van der Waals surface area (Å²) in [6.45, 7) is 10.2. The molecule has 2 aliphatic heterocycles.